The van der Waals surface area contributed by atoms with E-state index in [-0.39, 0.29) is 0 Å². The van der Waals surface area contributed by atoms with Crippen molar-refractivity contribution >= 4 is 14.6 Å². The molecular formula is C13H20O2Si. The van der Waals surface area contributed by atoms with Crippen molar-refractivity contribution in [2.24, 2.45) is 0 Å². The van der Waals surface area contributed by atoms with E-state index in [9.17, 15) is 0 Å². The minimum absolute atomic E-state index is 0.696. The highest BCUT2D eigenvalue weighted by molar-refractivity contribution is 6.72. The number of benzene rings is 1. The maximum atomic E-state index is 5.72. The van der Waals surface area contributed by atoms with Crippen molar-refractivity contribution < 1.29 is 8.85 Å². The van der Waals surface area contributed by atoms with Gasteiger partial charge < -0.3 is 8.85 Å². The van der Waals surface area contributed by atoms with Gasteiger partial charge in [-0.15, -0.1) is 0 Å². The molecule has 88 valence electrons. The van der Waals surface area contributed by atoms with Crippen LogP contribution in [0.4, 0.5) is 0 Å². The fraction of sp³-hybridized carbons (Fsp3) is 0.385. The molecule has 0 saturated carbocycles. The van der Waals surface area contributed by atoms with Gasteiger partial charge in [-0.3, -0.25) is 0 Å². The maximum absolute atomic E-state index is 5.72. The molecule has 16 heavy (non-hydrogen) atoms. The van der Waals surface area contributed by atoms with Crippen LogP contribution in [0.15, 0.2) is 36.0 Å². The minimum Gasteiger partial charge on any atom is -0.392 e. The van der Waals surface area contributed by atoms with E-state index in [1.165, 1.54) is 5.56 Å². The summed E-state index contributed by atoms with van der Waals surface area (Å²) < 4.78 is 11.4. The first-order chi connectivity index (χ1) is 7.70. The molecule has 2 nitrogen and oxygen atoms in total. The summed E-state index contributed by atoms with van der Waals surface area (Å²) in [4.78, 5) is 0. The monoisotopic (exact) mass is 236 g/mol. The Bertz CT molecular complexity index is 316. The van der Waals surface area contributed by atoms with E-state index in [0.29, 0.717) is 13.2 Å². The third-order valence-corrected chi connectivity index (χ3v) is 4.74. The SMILES string of the molecule is CCO[Si](C)(C=Cc1ccccc1)OCC. The summed E-state index contributed by atoms with van der Waals surface area (Å²) in [6, 6.07) is 10.2. The molecule has 0 heterocycles. The second-order valence-corrected chi connectivity index (χ2v) is 6.57. The first kappa shape index (κ1) is 13.2. The van der Waals surface area contributed by atoms with Gasteiger partial charge in [-0.25, -0.2) is 0 Å². The van der Waals surface area contributed by atoms with Crippen molar-refractivity contribution in [3.05, 3.63) is 41.6 Å². The van der Waals surface area contributed by atoms with Crippen LogP contribution in [0.1, 0.15) is 19.4 Å². The lowest BCUT2D eigenvalue weighted by molar-refractivity contribution is 0.201. The van der Waals surface area contributed by atoms with Crippen LogP contribution in [-0.4, -0.2) is 21.8 Å². The van der Waals surface area contributed by atoms with Gasteiger partial charge in [0.15, 0.2) is 0 Å². The molecule has 0 aromatic heterocycles. The van der Waals surface area contributed by atoms with Crippen LogP contribution in [0.2, 0.25) is 6.55 Å². The highest BCUT2D eigenvalue weighted by atomic mass is 28.4. The predicted molar refractivity (Wildman–Crippen MR) is 70.3 cm³/mol. The Labute approximate surface area is 99.2 Å². The Kier molecular flexibility index (Phi) is 5.45. The standard InChI is InChI=1S/C13H20O2Si/c1-4-14-16(3,15-5-2)12-11-13-9-7-6-8-10-13/h6-12H,4-5H2,1-3H3. The third kappa shape index (κ3) is 4.31. The van der Waals surface area contributed by atoms with Gasteiger partial charge in [0, 0.05) is 13.2 Å². The molecule has 0 amide bonds. The Balaban J connectivity index is 2.71. The Morgan fingerprint density at radius 3 is 2.12 bits per heavy atom. The van der Waals surface area contributed by atoms with Crippen molar-refractivity contribution in [3.63, 3.8) is 0 Å². The van der Waals surface area contributed by atoms with Crippen molar-refractivity contribution in [1.82, 2.24) is 0 Å². The largest absolute Gasteiger partial charge is 0.392 e. The molecule has 0 aliphatic rings. The van der Waals surface area contributed by atoms with Crippen LogP contribution < -0.4 is 0 Å². The van der Waals surface area contributed by atoms with Crippen molar-refractivity contribution in [2.75, 3.05) is 13.2 Å². The highest BCUT2D eigenvalue weighted by Gasteiger charge is 2.26. The van der Waals surface area contributed by atoms with E-state index in [2.05, 4.69) is 30.5 Å². The number of hydrogen-bond donors (Lipinski definition) is 0. The van der Waals surface area contributed by atoms with E-state index in [0.717, 1.165) is 0 Å². The molecule has 1 rings (SSSR count). The van der Waals surface area contributed by atoms with Gasteiger partial charge in [0.1, 0.15) is 0 Å². The van der Waals surface area contributed by atoms with E-state index < -0.39 is 8.56 Å². The zero-order valence-electron chi connectivity index (χ0n) is 10.3. The Morgan fingerprint density at radius 1 is 1.06 bits per heavy atom. The summed E-state index contributed by atoms with van der Waals surface area (Å²) in [5.41, 5.74) is 3.27. The topological polar surface area (TPSA) is 18.5 Å². The van der Waals surface area contributed by atoms with Crippen LogP contribution in [0.3, 0.4) is 0 Å². The molecular weight excluding hydrogens is 216 g/mol. The van der Waals surface area contributed by atoms with Crippen LogP contribution in [0, 0.1) is 0 Å². The summed E-state index contributed by atoms with van der Waals surface area (Å²) >= 11 is 0. The normalized spacial score (nSPS) is 12.2. The Morgan fingerprint density at radius 2 is 1.62 bits per heavy atom. The maximum Gasteiger partial charge on any atom is 0.361 e. The summed E-state index contributed by atoms with van der Waals surface area (Å²) in [5, 5.41) is 0. The second kappa shape index (κ2) is 6.63. The van der Waals surface area contributed by atoms with E-state index in [1.54, 1.807) is 0 Å². The lowest BCUT2D eigenvalue weighted by Gasteiger charge is -2.22. The van der Waals surface area contributed by atoms with Gasteiger partial charge in [-0.2, -0.15) is 0 Å². The molecule has 1 aromatic carbocycles. The first-order valence-corrected chi connectivity index (χ1v) is 8.12. The molecule has 0 atom stereocenters. The fourth-order valence-corrected chi connectivity index (χ4v) is 3.44. The van der Waals surface area contributed by atoms with Gasteiger partial charge in [-0.1, -0.05) is 36.4 Å². The number of rotatable bonds is 6. The predicted octanol–water partition coefficient (Wildman–Crippen LogP) is 3.38. The van der Waals surface area contributed by atoms with Crippen molar-refractivity contribution in [2.45, 2.75) is 20.4 Å². The lowest BCUT2D eigenvalue weighted by Crippen LogP contribution is -2.36. The zero-order valence-corrected chi connectivity index (χ0v) is 11.3. The van der Waals surface area contributed by atoms with E-state index >= 15 is 0 Å². The summed E-state index contributed by atoms with van der Waals surface area (Å²) in [5.74, 6) is 0. The van der Waals surface area contributed by atoms with Gasteiger partial charge >= 0.3 is 8.56 Å². The van der Waals surface area contributed by atoms with Gasteiger partial charge in [0.2, 0.25) is 0 Å². The molecule has 0 N–H and O–H groups in total. The van der Waals surface area contributed by atoms with Crippen LogP contribution in [0.25, 0.3) is 6.08 Å². The molecule has 3 heteroatoms. The number of hydrogen-bond acceptors (Lipinski definition) is 2. The van der Waals surface area contributed by atoms with Crippen LogP contribution >= 0.6 is 0 Å². The summed E-state index contributed by atoms with van der Waals surface area (Å²) in [7, 11) is -2.11. The van der Waals surface area contributed by atoms with Crippen LogP contribution in [0.5, 0.6) is 0 Å². The highest BCUT2D eigenvalue weighted by Crippen LogP contribution is 2.12. The molecule has 1 aromatic rings. The smallest absolute Gasteiger partial charge is 0.361 e. The van der Waals surface area contributed by atoms with E-state index in [1.807, 2.05) is 32.0 Å². The molecule has 0 fully saturated rings. The lowest BCUT2D eigenvalue weighted by atomic mass is 10.2. The van der Waals surface area contributed by atoms with Gasteiger partial charge in [0.05, 0.1) is 0 Å². The first-order valence-electron chi connectivity index (χ1n) is 5.72. The van der Waals surface area contributed by atoms with Crippen molar-refractivity contribution in [3.8, 4) is 0 Å². The fourth-order valence-electron chi connectivity index (χ4n) is 1.52. The van der Waals surface area contributed by atoms with Crippen molar-refractivity contribution in [1.29, 1.82) is 0 Å². The summed E-state index contributed by atoms with van der Waals surface area (Å²) in [6.45, 7) is 7.46. The average Bonchev–Trinajstić information content (AvgIpc) is 2.29. The average molecular weight is 236 g/mol. The quantitative estimate of drug-likeness (QED) is 0.705. The molecule has 0 aliphatic heterocycles. The minimum atomic E-state index is -2.11. The molecule has 0 aliphatic carbocycles. The Hall–Kier alpha value is -0.903. The third-order valence-electron chi connectivity index (χ3n) is 2.24. The molecule has 0 spiro atoms. The van der Waals surface area contributed by atoms with Gasteiger partial charge in [-0.05, 0) is 31.7 Å². The van der Waals surface area contributed by atoms with Crippen LogP contribution in [-0.2, 0) is 8.85 Å². The molecule has 0 saturated heterocycles. The molecule has 0 unspecified atom stereocenters. The molecule has 0 bridgehead atoms. The zero-order chi connectivity index (χ0) is 11.9. The van der Waals surface area contributed by atoms with Gasteiger partial charge in [0.25, 0.3) is 0 Å². The second-order valence-electron chi connectivity index (χ2n) is 3.63. The molecule has 0 radical (unpaired) electrons. The van der Waals surface area contributed by atoms with E-state index in [4.69, 9.17) is 8.85 Å². The summed E-state index contributed by atoms with van der Waals surface area (Å²) in [6.07, 6.45) is 2.08.